The van der Waals surface area contributed by atoms with Gasteiger partial charge in [0.25, 0.3) is 5.91 Å². The smallest absolute Gasteiger partial charge is 0.331 e. The zero-order chi connectivity index (χ0) is 24.2. The van der Waals surface area contributed by atoms with E-state index in [-0.39, 0.29) is 5.91 Å². The second-order valence-corrected chi connectivity index (χ2v) is 8.94. The Kier molecular flexibility index (Phi) is 7.39. The molecule has 0 aliphatic carbocycles. The molecule has 1 atom stereocenters. The minimum Gasteiger partial charge on any atom is -0.449 e. The van der Waals surface area contributed by atoms with E-state index in [9.17, 15) is 9.59 Å². The maximum atomic E-state index is 13.0. The summed E-state index contributed by atoms with van der Waals surface area (Å²) in [6, 6.07) is 15.3. The first-order valence-electron chi connectivity index (χ1n) is 11.1. The Morgan fingerprint density at radius 3 is 2.68 bits per heavy atom. The maximum Gasteiger partial charge on any atom is 0.331 e. The molecule has 1 aliphatic rings. The zero-order valence-corrected chi connectivity index (χ0v) is 20.5. The van der Waals surface area contributed by atoms with Crippen LogP contribution in [0.2, 0.25) is 10.2 Å². The Bertz CT molecular complexity index is 1250. The largest absolute Gasteiger partial charge is 0.449 e. The van der Waals surface area contributed by atoms with Crippen molar-refractivity contribution >= 4 is 46.8 Å². The maximum absolute atomic E-state index is 13.0. The van der Waals surface area contributed by atoms with Crippen molar-refractivity contribution < 1.29 is 14.3 Å². The fourth-order valence-electron chi connectivity index (χ4n) is 4.05. The molecule has 1 aromatic heterocycles. The first kappa shape index (κ1) is 24.0. The van der Waals surface area contributed by atoms with Crippen LogP contribution in [-0.4, -0.2) is 34.3 Å². The topological polar surface area (TPSA) is 64.4 Å². The van der Waals surface area contributed by atoms with Crippen LogP contribution in [0.15, 0.2) is 54.6 Å². The number of amides is 1. The van der Waals surface area contributed by atoms with Gasteiger partial charge in [0.2, 0.25) is 0 Å². The highest BCUT2D eigenvalue weighted by Gasteiger charge is 2.28. The first-order chi connectivity index (χ1) is 16.3. The van der Waals surface area contributed by atoms with Gasteiger partial charge in [-0.05, 0) is 56.0 Å². The van der Waals surface area contributed by atoms with Crippen LogP contribution < -0.4 is 4.90 Å². The number of aryl methyl sites for hydroxylation is 2. The fourth-order valence-corrected chi connectivity index (χ4v) is 4.54. The highest BCUT2D eigenvalue weighted by molar-refractivity contribution is 6.32. The van der Waals surface area contributed by atoms with Crippen LogP contribution >= 0.6 is 23.2 Å². The van der Waals surface area contributed by atoms with Crippen molar-refractivity contribution in [2.75, 3.05) is 11.4 Å². The lowest BCUT2D eigenvalue weighted by molar-refractivity contribution is -0.149. The van der Waals surface area contributed by atoms with Gasteiger partial charge in [0, 0.05) is 28.9 Å². The zero-order valence-electron chi connectivity index (χ0n) is 19.0. The lowest BCUT2D eigenvalue weighted by atomic mass is 10.0. The van der Waals surface area contributed by atoms with Gasteiger partial charge >= 0.3 is 5.97 Å². The van der Waals surface area contributed by atoms with Crippen molar-refractivity contribution in [2.45, 2.75) is 39.3 Å². The Balaban J connectivity index is 1.42. The molecule has 3 aromatic rings. The number of aromatic nitrogens is 2. The third kappa shape index (κ3) is 5.18. The van der Waals surface area contributed by atoms with E-state index in [0.717, 1.165) is 29.7 Å². The van der Waals surface area contributed by atoms with Crippen LogP contribution in [0, 0.1) is 6.92 Å². The number of carbonyl (C=O) groups excluding carboxylic acids is 2. The van der Waals surface area contributed by atoms with Gasteiger partial charge in [-0.3, -0.25) is 4.79 Å². The second kappa shape index (κ2) is 10.5. The molecule has 0 saturated carbocycles. The summed E-state index contributed by atoms with van der Waals surface area (Å²) in [5.41, 5.74) is 4.16. The third-order valence-corrected chi connectivity index (χ3v) is 6.56. The average Bonchev–Trinajstić information content (AvgIpc) is 3.10. The summed E-state index contributed by atoms with van der Waals surface area (Å²) in [5.74, 6) is -0.865. The molecule has 6 nitrogen and oxygen atoms in total. The summed E-state index contributed by atoms with van der Waals surface area (Å²) in [5, 5.41) is 5.47. The van der Waals surface area contributed by atoms with Crippen LogP contribution in [0.3, 0.4) is 0 Å². The predicted octanol–water partition coefficient (Wildman–Crippen LogP) is 5.47. The average molecular weight is 498 g/mol. The number of rotatable bonds is 6. The molecule has 0 radical (unpaired) electrons. The summed E-state index contributed by atoms with van der Waals surface area (Å²) < 4.78 is 7.02. The summed E-state index contributed by atoms with van der Waals surface area (Å²) in [7, 11) is 0. The van der Waals surface area contributed by atoms with E-state index in [1.807, 2.05) is 48.5 Å². The summed E-state index contributed by atoms with van der Waals surface area (Å²) >= 11 is 12.8. The van der Waals surface area contributed by atoms with Gasteiger partial charge < -0.3 is 9.64 Å². The number of esters is 1. The predicted molar refractivity (Wildman–Crippen MR) is 134 cm³/mol. The first-order valence-corrected chi connectivity index (χ1v) is 11.8. The number of anilines is 1. The normalized spacial score (nSPS) is 14.2. The van der Waals surface area contributed by atoms with Crippen molar-refractivity contribution in [3.05, 3.63) is 87.2 Å². The van der Waals surface area contributed by atoms with Gasteiger partial charge in [0.05, 0.1) is 12.2 Å². The number of carbonyl (C=O) groups is 2. The number of benzene rings is 2. The van der Waals surface area contributed by atoms with E-state index in [0.29, 0.717) is 34.5 Å². The molecular formula is C26H25Cl2N3O3. The van der Waals surface area contributed by atoms with E-state index in [2.05, 4.69) is 5.10 Å². The summed E-state index contributed by atoms with van der Waals surface area (Å²) in [6.45, 7) is 4.40. The molecule has 0 fully saturated rings. The van der Waals surface area contributed by atoms with Crippen LogP contribution in [0.5, 0.6) is 0 Å². The number of fused-ring (bicyclic) bond motifs is 1. The Morgan fingerprint density at radius 1 is 1.15 bits per heavy atom. The van der Waals surface area contributed by atoms with Gasteiger partial charge in [0.1, 0.15) is 5.15 Å². The number of ether oxygens (including phenoxy) is 1. The van der Waals surface area contributed by atoms with Crippen molar-refractivity contribution in [3.8, 4) is 0 Å². The molecule has 8 heteroatoms. The molecule has 0 saturated heterocycles. The van der Waals surface area contributed by atoms with Gasteiger partial charge in [-0.2, -0.15) is 5.10 Å². The molecule has 0 spiro atoms. The molecule has 0 bridgehead atoms. The van der Waals surface area contributed by atoms with Gasteiger partial charge in [-0.1, -0.05) is 59.6 Å². The fraction of sp³-hybridized carbons (Fsp3) is 0.269. The molecule has 1 aliphatic heterocycles. The number of nitrogens with zero attached hydrogens (tertiary/aromatic N) is 3. The van der Waals surface area contributed by atoms with Crippen LogP contribution in [0.25, 0.3) is 6.08 Å². The Labute approximate surface area is 208 Å². The lowest BCUT2D eigenvalue weighted by Crippen LogP contribution is -2.42. The number of halogens is 2. The van der Waals surface area contributed by atoms with Crippen LogP contribution in [-0.2, 0) is 27.3 Å². The molecule has 2 heterocycles. The number of hydrogen-bond acceptors (Lipinski definition) is 4. The minimum absolute atomic E-state index is 0.240. The molecule has 4 rings (SSSR count). The highest BCUT2D eigenvalue weighted by Crippen LogP contribution is 2.28. The van der Waals surface area contributed by atoms with Gasteiger partial charge in [-0.25, -0.2) is 9.48 Å². The molecule has 34 heavy (non-hydrogen) atoms. The van der Waals surface area contributed by atoms with Crippen molar-refractivity contribution in [1.29, 1.82) is 0 Å². The van der Waals surface area contributed by atoms with E-state index >= 15 is 0 Å². The number of hydrogen-bond donors (Lipinski definition) is 0. The van der Waals surface area contributed by atoms with E-state index in [4.69, 9.17) is 27.9 Å². The Morgan fingerprint density at radius 2 is 1.88 bits per heavy atom. The summed E-state index contributed by atoms with van der Waals surface area (Å²) in [6.07, 6.45) is 3.72. The monoisotopic (exact) mass is 497 g/mol. The quantitative estimate of drug-likeness (QED) is 0.334. The molecule has 0 unspecified atom stereocenters. The number of para-hydroxylation sites is 1. The summed E-state index contributed by atoms with van der Waals surface area (Å²) in [4.78, 5) is 27.1. The minimum atomic E-state index is -0.914. The van der Waals surface area contributed by atoms with Crippen molar-refractivity contribution in [2.24, 2.45) is 0 Å². The van der Waals surface area contributed by atoms with Gasteiger partial charge in [-0.15, -0.1) is 0 Å². The van der Waals surface area contributed by atoms with E-state index in [1.165, 1.54) is 6.08 Å². The van der Waals surface area contributed by atoms with Crippen LogP contribution in [0.4, 0.5) is 5.69 Å². The van der Waals surface area contributed by atoms with E-state index < -0.39 is 12.1 Å². The molecule has 2 aromatic carbocycles. The molecule has 1 amide bonds. The Hall–Kier alpha value is -3.09. The molecular weight excluding hydrogens is 473 g/mol. The van der Waals surface area contributed by atoms with Crippen LogP contribution in [0.1, 0.15) is 35.7 Å². The molecule has 176 valence electrons. The van der Waals surface area contributed by atoms with Gasteiger partial charge in [0.15, 0.2) is 6.10 Å². The van der Waals surface area contributed by atoms with E-state index in [1.54, 1.807) is 29.5 Å². The van der Waals surface area contributed by atoms with Crippen molar-refractivity contribution in [3.63, 3.8) is 0 Å². The molecule has 0 N–H and O–H groups in total. The highest BCUT2D eigenvalue weighted by atomic mass is 35.5. The lowest BCUT2D eigenvalue weighted by Gasteiger charge is -2.31. The second-order valence-electron chi connectivity index (χ2n) is 8.17. The van der Waals surface area contributed by atoms with Crippen molar-refractivity contribution in [1.82, 2.24) is 9.78 Å². The SMILES string of the molecule is Cc1nn(Cc2ccccc2Cl)c(Cl)c1/C=C/C(=O)O[C@H](C)C(=O)N1CCCc2ccccc21. The standard InChI is InChI=1S/C26H25Cl2N3O3/c1-17-21(25(28)31(29-17)16-20-9-3-5-11-22(20)27)13-14-24(32)34-18(2)26(33)30-15-7-10-19-8-4-6-12-23(19)30/h3-6,8-9,11-14,18H,7,10,15-16H2,1-2H3/b14-13+/t18-/m1/s1. The third-order valence-electron chi connectivity index (χ3n) is 5.79.